The van der Waals surface area contributed by atoms with Crippen LogP contribution in [-0.4, -0.2) is 17.0 Å². The Morgan fingerprint density at radius 1 is 1.22 bits per heavy atom. The van der Waals surface area contributed by atoms with Crippen LogP contribution in [0.5, 0.6) is 0 Å². The molecular formula is C14H16ClN3. The zero-order chi connectivity index (χ0) is 13.1. The number of nitrogens with one attached hydrogen (secondary N) is 1. The molecule has 4 heteroatoms. The predicted octanol–water partition coefficient (Wildman–Crippen LogP) is 3.71. The number of aromatic nitrogens is 2. The molecule has 0 saturated carbocycles. The van der Waals surface area contributed by atoms with Crippen molar-refractivity contribution in [2.75, 3.05) is 12.4 Å². The zero-order valence-corrected chi connectivity index (χ0v) is 11.5. The molecule has 1 aromatic heterocycles. The Morgan fingerprint density at radius 2 is 1.94 bits per heavy atom. The van der Waals surface area contributed by atoms with E-state index in [-0.39, 0.29) is 0 Å². The summed E-state index contributed by atoms with van der Waals surface area (Å²) in [6, 6.07) is 7.75. The predicted molar refractivity (Wildman–Crippen MR) is 76.1 cm³/mol. The van der Waals surface area contributed by atoms with Crippen LogP contribution in [0.15, 0.2) is 24.3 Å². The van der Waals surface area contributed by atoms with Gasteiger partial charge in [-0.05, 0) is 13.0 Å². The Labute approximate surface area is 112 Å². The second-order valence-corrected chi connectivity index (χ2v) is 4.45. The number of rotatable bonds is 3. The van der Waals surface area contributed by atoms with E-state index in [0.717, 1.165) is 34.9 Å². The van der Waals surface area contributed by atoms with E-state index in [4.69, 9.17) is 11.6 Å². The van der Waals surface area contributed by atoms with Crippen molar-refractivity contribution < 1.29 is 0 Å². The van der Waals surface area contributed by atoms with Gasteiger partial charge in [0, 0.05) is 29.6 Å². The molecule has 1 heterocycles. The van der Waals surface area contributed by atoms with Gasteiger partial charge in [0.25, 0.3) is 0 Å². The van der Waals surface area contributed by atoms with E-state index in [1.807, 2.05) is 45.2 Å². The van der Waals surface area contributed by atoms with Crippen LogP contribution in [0.1, 0.15) is 18.3 Å². The standard InChI is InChI=1S/C14H16ClN3/c1-4-12-17-13(9(2)14(16-3)18-12)10-7-5-6-8-11(10)15/h5-8H,4H2,1-3H3,(H,16,17,18). The Balaban J connectivity index is 2.67. The van der Waals surface area contributed by atoms with Gasteiger partial charge in [-0.15, -0.1) is 0 Å². The van der Waals surface area contributed by atoms with Crippen molar-refractivity contribution in [3.8, 4) is 11.3 Å². The van der Waals surface area contributed by atoms with Crippen LogP contribution in [-0.2, 0) is 6.42 Å². The van der Waals surface area contributed by atoms with Crippen molar-refractivity contribution in [1.82, 2.24) is 9.97 Å². The van der Waals surface area contributed by atoms with E-state index in [1.165, 1.54) is 0 Å². The maximum Gasteiger partial charge on any atom is 0.132 e. The van der Waals surface area contributed by atoms with E-state index in [2.05, 4.69) is 15.3 Å². The third-order valence-corrected chi connectivity index (χ3v) is 3.20. The van der Waals surface area contributed by atoms with E-state index in [1.54, 1.807) is 0 Å². The number of nitrogens with zero attached hydrogens (tertiary/aromatic N) is 2. The van der Waals surface area contributed by atoms with Gasteiger partial charge in [0.1, 0.15) is 11.6 Å². The van der Waals surface area contributed by atoms with E-state index in [9.17, 15) is 0 Å². The molecule has 0 bridgehead atoms. The summed E-state index contributed by atoms with van der Waals surface area (Å²) in [6.07, 6.45) is 0.798. The Kier molecular flexibility index (Phi) is 3.82. The minimum atomic E-state index is 0.711. The molecule has 0 atom stereocenters. The molecule has 0 unspecified atom stereocenters. The first-order valence-electron chi connectivity index (χ1n) is 5.97. The van der Waals surface area contributed by atoms with Crippen LogP contribution < -0.4 is 5.32 Å². The average molecular weight is 262 g/mol. The lowest BCUT2D eigenvalue weighted by Crippen LogP contribution is -2.04. The number of hydrogen-bond donors (Lipinski definition) is 1. The van der Waals surface area contributed by atoms with Gasteiger partial charge in [-0.1, -0.05) is 36.7 Å². The Hall–Kier alpha value is -1.61. The summed E-state index contributed by atoms with van der Waals surface area (Å²) in [5.41, 5.74) is 2.87. The summed E-state index contributed by atoms with van der Waals surface area (Å²) in [4.78, 5) is 9.05. The molecule has 0 aliphatic carbocycles. The molecule has 0 radical (unpaired) electrons. The van der Waals surface area contributed by atoms with Gasteiger partial charge < -0.3 is 5.32 Å². The first-order valence-corrected chi connectivity index (χ1v) is 6.35. The molecular weight excluding hydrogens is 246 g/mol. The summed E-state index contributed by atoms with van der Waals surface area (Å²) in [5.74, 6) is 1.68. The summed E-state index contributed by atoms with van der Waals surface area (Å²) in [7, 11) is 1.87. The van der Waals surface area contributed by atoms with Gasteiger partial charge in [-0.2, -0.15) is 0 Å². The summed E-state index contributed by atoms with van der Waals surface area (Å²) < 4.78 is 0. The third kappa shape index (κ3) is 2.31. The fourth-order valence-electron chi connectivity index (χ4n) is 1.88. The molecule has 2 aromatic rings. The minimum Gasteiger partial charge on any atom is -0.373 e. The van der Waals surface area contributed by atoms with Crippen molar-refractivity contribution in [2.45, 2.75) is 20.3 Å². The van der Waals surface area contributed by atoms with Crippen LogP contribution >= 0.6 is 11.6 Å². The van der Waals surface area contributed by atoms with E-state index in [0.29, 0.717) is 5.02 Å². The Bertz CT molecular complexity index is 567. The second kappa shape index (κ2) is 5.36. The highest BCUT2D eigenvalue weighted by Crippen LogP contribution is 2.31. The summed E-state index contributed by atoms with van der Waals surface area (Å²) >= 11 is 6.24. The van der Waals surface area contributed by atoms with Crippen molar-refractivity contribution in [1.29, 1.82) is 0 Å². The van der Waals surface area contributed by atoms with E-state index >= 15 is 0 Å². The molecule has 94 valence electrons. The maximum absolute atomic E-state index is 6.24. The van der Waals surface area contributed by atoms with Gasteiger partial charge in [-0.3, -0.25) is 0 Å². The molecule has 2 rings (SSSR count). The largest absolute Gasteiger partial charge is 0.373 e. The minimum absolute atomic E-state index is 0.711. The molecule has 1 N–H and O–H groups in total. The van der Waals surface area contributed by atoms with Crippen LogP contribution in [0.3, 0.4) is 0 Å². The van der Waals surface area contributed by atoms with Crippen molar-refractivity contribution in [2.24, 2.45) is 0 Å². The molecule has 0 saturated heterocycles. The normalized spacial score (nSPS) is 10.4. The topological polar surface area (TPSA) is 37.8 Å². The lowest BCUT2D eigenvalue weighted by Gasteiger charge is -2.12. The number of anilines is 1. The number of hydrogen-bond acceptors (Lipinski definition) is 3. The highest BCUT2D eigenvalue weighted by Gasteiger charge is 2.13. The SMILES string of the molecule is CCc1nc(NC)c(C)c(-c2ccccc2Cl)n1. The highest BCUT2D eigenvalue weighted by atomic mass is 35.5. The van der Waals surface area contributed by atoms with Gasteiger partial charge in [-0.25, -0.2) is 9.97 Å². The quantitative estimate of drug-likeness (QED) is 0.915. The first-order chi connectivity index (χ1) is 8.67. The number of aryl methyl sites for hydroxylation is 1. The molecule has 0 amide bonds. The van der Waals surface area contributed by atoms with Gasteiger partial charge in [0.05, 0.1) is 5.69 Å². The molecule has 0 spiro atoms. The van der Waals surface area contributed by atoms with Crippen LogP contribution in [0.25, 0.3) is 11.3 Å². The number of benzene rings is 1. The van der Waals surface area contributed by atoms with Crippen molar-refractivity contribution >= 4 is 17.4 Å². The first kappa shape index (κ1) is 12.8. The summed E-state index contributed by atoms with van der Waals surface area (Å²) in [6.45, 7) is 4.05. The van der Waals surface area contributed by atoms with Gasteiger partial charge >= 0.3 is 0 Å². The molecule has 1 aromatic carbocycles. The lowest BCUT2D eigenvalue weighted by molar-refractivity contribution is 0.936. The Morgan fingerprint density at radius 3 is 2.56 bits per heavy atom. The summed E-state index contributed by atoms with van der Waals surface area (Å²) in [5, 5.41) is 3.82. The van der Waals surface area contributed by atoms with Crippen LogP contribution in [0, 0.1) is 6.92 Å². The molecule has 0 aliphatic rings. The fourth-order valence-corrected chi connectivity index (χ4v) is 2.11. The molecule has 18 heavy (non-hydrogen) atoms. The molecule has 0 fully saturated rings. The van der Waals surface area contributed by atoms with Gasteiger partial charge in [0.15, 0.2) is 0 Å². The number of halogens is 1. The van der Waals surface area contributed by atoms with Crippen LogP contribution in [0.2, 0.25) is 5.02 Å². The monoisotopic (exact) mass is 261 g/mol. The molecule has 0 aliphatic heterocycles. The second-order valence-electron chi connectivity index (χ2n) is 4.05. The van der Waals surface area contributed by atoms with E-state index < -0.39 is 0 Å². The van der Waals surface area contributed by atoms with Crippen molar-refractivity contribution in [3.63, 3.8) is 0 Å². The fraction of sp³-hybridized carbons (Fsp3) is 0.286. The van der Waals surface area contributed by atoms with Gasteiger partial charge in [0.2, 0.25) is 0 Å². The maximum atomic E-state index is 6.24. The molecule has 3 nitrogen and oxygen atoms in total. The average Bonchev–Trinajstić information content (AvgIpc) is 2.40. The van der Waals surface area contributed by atoms with Crippen molar-refractivity contribution in [3.05, 3.63) is 40.7 Å². The third-order valence-electron chi connectivity index (χ3n) is 2.87. The zero-order valence-electron chi connectivity index (χ0n) is 10.8. The lowest BCUT2D eigenvalue weighted by atomic mass is 10.1. The van der Waals surface area contributed by atoms with Crippen LogP contribution in [0.4, 0.5) is 5.82 Å². The smallest absolute Gasteiger partial charge is 0.132 e. The highest BCUT2D eigenvalue weighted by molar-refractivity contribution is 6.33.